The first kappa shape index (κ1) is 21.0. The van der Waals surface area contributed by atoms with Crippen molar-refractivity contribution in [1.82, 2.24) is 0 Å². The number of benzene rings is 2. The van der Waals surface area contributed by atoms with Crippen LogP contribution in [0.4, 0.5) is 0 Å². The average Bonchev–Trinajstić information content (AvgIpc) is 2.85. The normalized spacial score (nSPS) is 11.5. The number of aryl methyl sites for hydroxylation is 3. The van der Waals surface area contributed by atoms with Gasteiger partial charge in [0.2, 0.25) is 8.01 Å². The van der Waals surface area contributed by atoms with Gasteiger partial charge in [0.05, 0.1) is 13.2 Å². The Balaban J connectivity index is 2.43. The van der Waals surface area contributed by atoms with Crippen LogP contribution in [0, 0.1) is 0 Å². The summed E-state index contributed by atoms with van der Waals surface area (Å²) in [6.45, 7) is 6.32. The molecule has 0 aliphatic carbocycles. The molecule has 0 fully saturated rings. The summed E-state index contributed by atoms with van der Waals surface area (Å²) < 4.78 is 12.6. The second-order valence-electron chi connectivity index (χ2n) is 7.41. The third kappa shape index (κ3) is 4.46. The van der Waals surface area contributed by atoms with Gasteiger partial charge in [0, 0.05) is 17.4 Å². The molecule has 0 amide bonds. The van der Waals surface area contributed by atoms with E-state index in [-0.39, 0.29) is 13.2 Å². The van der Waals surface area contributed by atoms with Crippen molar-refractivity contribution in [3.8, 4) is 0 Å². The van der Waals surface area contributed by atoms with Crippen LogP contribution >= 0.6 is 8.01 Å². The number of unbranched alkanes of at least 4 members (excludes halogenated alkanes) is 2. The molecule has 0 aliphatic heterocycles. The molecule has 0 spiro atoms. The largest absolute Gasteiger partial charge is 0.419 e. The number of fused-ring (bicyclic) bond motifs is 3. The predicted molar refractivity (Wildman–Crippen MR) is 116 cm³/mol. The van der Waals surface area contributed by atoms with Crippen LogP contribution in [0.25, 0.3) is 21.9 Å². The average molecular weight is 402 g/mol. The Morgan fingerprint density at radius 2 is 1.18 bits per heavy atom. The van der Waals surface area contributed by atoms with Crippen LogP contribution in [0.15, 0.2) is 32.7 Å². The van der Waals surface area contributed by atoms with Crippen molar-refractivity contribution in [2.75, 3.05) is 0 Å². The highest BCUT2D eigenvalue weighted by Gasteiger charge is 2.14. The van der Waals surface area contributed by atoms with Crippen molar-refractivity contribution in [2.24, 2.45) is 6.66 Å². The molecule has 0 bridgehead atoms. The van der Waals surface area contributed by atoms with Crippen LogP contribution < -0.4 is 0 Å². The van der Waals surface area contributed by atoms with Crippen molar-refractivity contribution in [3.05, 3.63) is 46.5 Å². The maximum absolute atomic E-state index is 9.82. The summed E-state index contributed by atoms with van der Waals surface area (Å²) in [5.74, 6) is 0. The zero-order chi connectivity index (χ0) is 20.1. The van der Waals surface area contributed by atoms with E-state index >= 15 is 0 Å². The summed E-state index contributed by atoms with van der Waals surface area (Å²) in [4.78, 5) is 0. The first-order chi connectivity index (χ1) is 13.6. The van der Waals surface area contributed by atoms with Crippen molar-refractivity contribution in [3.63, 3.8) is 0 Å². The molecule has 28 heavy (non-hydrogen) atoms. The molecule has 3 rings (SSSR count). The molecule has 0 radical (unpaired) electrons. The second kappa shape index (κ2) is 9.65. The van der Waals surface area contributed by atoms with Gasteiger partial charge in [0.1, 0.15) is 11.2 Å². The van der Waals surface area contributed by atoms with Gasteiger partial charge in [-0.3, -0.25) is 0 Å². The van der Waals surface area contributed by atoms with Gasteiger partial charge >= 0.3 is 0 Å². The van der Waals surface area contributed by atoms with E-state index in [1.165, 1.54) is 0 Å². The van der Waals surface area contributed by atoms with Gasteiger partial charge < -0.3 is 18.6 Å². The monoisotopic (exact) mass is 402 g/mol. The van der Waals surface area contributed by atoms with Crippen molar-refractivity contribution in [2.45, 2.75) is 65.6 Å². The highest BCUT2D eigenvalue weighted by Crippen LogP contribution is 2.38. The summed E-state index contributed by atoms with van der Waals surface area (Å²) in [5, 5.41) is 21.6. The van der Waals surface area contributed by atoms with Crippen LogP contribution in [0.1, 0.15) is 61.8 Å². The quantitative estimate of drug-likeness (QED) is 0.451. The lowest BCUT2D eigenvalue weighted by molar-refractivity contribution is 0.281. The molecular formula is C23H31O4P. The molecule has 5 heteroatoms. The van der Waals surface area contributed by atoms with Crippen LogP contribution in [-0.2, 0) is 32.7 Å². The van der Waals surface area contributed by atoms with Crippen molar-refractivity contribution >= 4 is 30.0 Å². The highest BCUT2D eigenvalue weighted by molar-refractivity contribution is 7.35. The van der Waals surface area contributed by atoms with Crippen molar-refractivity contribution < 1.29 is 18.6 Å². The zero-order valence-electron chi connectivity index (χ0n) is 17.1. The SMILES string of the molecule is CCCCc1cc(CO)cc2c1op(C)oc1c(CCCC)cc(CO)cc12. The Bertz CT molecular complexity index is 913. The Kier molecular flexibility index (Phi) is 7.23. The fourth-order valence-electron chi connectivity index (χ4n) is 3.69. The van der Waals surface area contributed by atoms with Crippen LogP contribution in [0.5, 0.6) is 0 Å². The van der Waals surface area contributed by atoms with Crippen LogP contribution in [0.3, 0.4) is 0 Å². The Labute approximate surface area is 167 Å². The minimum atomic E-state index is -1.11. The van der Waals surface area contributed by atoms with Crippen LogP contribution in [-0.4, -0.2) is 10.2 Å². The number of aliphatic hydroxyl groups is 2. The smallest absolute Gasteiger partial charge is 0.213 e. The maximum Gasteiger partial charge on any atom is 0.213 e. The molecule has 4 nitrogen and oxygen atoms in total. The fourth-order valence-corrected chi connectivity index (χ4v) is 4.67. The van der Waals surface area contributed by atoms with Crippen LogP contribution in [0.2, 0.25) is 0 Å². The lowest BCUT2D eigenvalue weighted by atomic mass is 9.97. The van der Waals surface area contributed by atoms with Gasteiger partial charge in [0.25, 0.3) is 0 Å². The summed E-state index contributed by atoms with van der Waals surface area (Å²) >= 11 is 0. The summed E-state index contributed by atoms with van der Waals surface area (Å²) in [5.41, 5.74) is 5.75. The first-order valence-corrected chi connectivity index (χ1v) is 11.9. The molecule has 0 saturated carbocycles. The molecule has 3 aromatic rings. The Hall–Kier alpha value is -1.74. The predicted octanol–water partition coefficient (Wildman–Crippen LogP) is 6.50. The van der Waals surface area contributed by atoms with Gasteiger partial charge in [-0.05, 0) is 72.2 Å². The van der Waals surface area contributed by atoms with E-state index in [2.05, 4.69) is 26.0 Å². The van der Waals surface area contributed by atoms with Gasteiger partial charge in [0.15, 0.2) is 0 Å². The van der Waals surface area contributed by atoms with Gasteiger partial charge in [-0.2, -0.15) is 0 Å². The topological polar surface area (TPSA) is 66.7 Å². The molecule has 152 valence electrons. The minimum absolute atomic E-state index is 0.00807. The molecule has 0 atom stereocenters. The van der Waals surface area contributed by atoms with E-state index in [0.717, 1.165) is 82.7 Å². The number of hydrogen-bond donors (Lipinski definition) is 2. The standard InChI is InChI=1S/C23H31O4P/c1-4-6-8-18-10-16(14-24)12-20-21-13-17(15-25)11-19(9-7-5-2)23(21)27-28(3)26-22(18)20/h10-13,24-25H,4-9,14-15H2,1-3H3. The lowest BCUT2D eigenvalue weighted by Crippen LogP contribution is -1.94. The summed E-state index contributed by atoms with van der Waals surface area (Å²) in [6, 6.07) is 8.12. The molecule has 2 aromatic carbocycles. The summed E-state index contributed by atoms with van der Waals surface area (Å²) in [7, 11) is -1.11. The van der Waals surface area contributed by atoms with Gasteiger partial charge in [-0.25, -0.2) is 0 Å². The maximum atomic E-state index is 9.82. The highest BCUT2D eigenvalue weighted by atomic mass is 31.1. The fraction of sp³-hybridized carbons (Fsp3) is 0.478. The lowest BCUT2D eigenvalue weighted by Gasteiger charge is -2.09. The number of hydrogen-bond acceptors (Lipinski definition) is 4. The van der Waals surface area contributed by atoms with E-state index in [4.69, 9.17) is 8.39 Å². The van der Waals surface area contributed by atoms with Crippen molar-refractivity contribution in [1.29, 1.82) is 0 Å². The third-order valence-corrected chi connectivity index (χ3v) is 6.02. The molecular weight excluding hydrogens is 371 g/mol. The van der Waals surface area contributed by atoms with E-state index < -0.39 is 8.01 Å². The van der Waals surface area contributed by atoms with E-state index in [9.17, 15) is 10.2 Å². The molecule has 0 saturated heterocycles. The molecule has 0 aliphatic rings. The van der Waals surface area contributed by atoms with E-state index in [1.54, 1.807) is 0 Å². The van der Waals surface area contributed by atoms with Gasteiger partial charge in [-0.1, -0.05) is 26.7 Å². The van der Waals surface area contributed by atoms with E-state index in [0.29, 0.717) is 0 Å². The number of aliphatic hydroxyl groups excluding tert-OH is 2. The Morgan fingerprint density at radius 3 is 1.54 bits per heavy atom. The molecule has 1 heterocycles. The summed E-state index contributed by atoms with van der Waals surface area (Å²) in [6.07, 6.45) is 6.15. The first-order valence-electron chi connectivity index (χ1n) is 10.2. The minimum Gasteiger partial charge on any atom is -0.419 e. The number of rotatable bonds is 8. The molecule has 1 aromatic heterocycles. The Morgan fingerprint density at radius 1 is 0.750 bits per heavy atom. The zero-order valence-corrected chi connectivity index (χ0v) is 18.0. The third-order valence-electron chi connectivity index (χ3n) is 5.15. The molecule has 0 unspecified atom stereocenters. The van der Waals surface area contributed by atoms with E-state index in [1.807, 2.05) is 18.8 Å². The molecule has 2 N–H and O–H groups in total. The van der Waals surface area contributed by atoms with Gasteiger partial charge in [-0.15, -0.1) is 0 Å². The second-order valence-corrected chi connectivity index (χ2v) is 8.65.